The van der Waals surface area contributed by atoms with E-state index in [0.29, 0.717) is 22.3 Å². The Labute approximate surface area is 196 Å². The van der Waals surface area contributed by atoms with Gasteiger partial charge in [0, 0.05) is 17.6 Å². The number of hydrogen-bond donors (Lipinski definition) is 2. The Bertz CT molecular complexity index is 1210. The van der Waals surface area contributed by atoms with Crippen LogP contribution in [0.1, 0.15) is 24.6 Å². The molecule has 0 unspecified atom stereocenters. The molecule has 6 nitrogen and oxygen atoms in total. The highest BCUT2D eigenvalue weighted by Gasteiger charge is 2.28. The van der Waals surface area contributed by atoms with E-state index in [0.717, 1.165) is 25.1 Å². The Morgan fingerprint density at radius 3 is 2.48 bits per heavy atom. The second kappa shape index (κ2) is 9.75. The summed E-state index contributed by atoms with van der Waals surface area (Å²) in [6.07, 6.45) is 2.17. The van der Waals surface area contributed by atoms with Crippen LogP contribution in [0.3, 0.4) is 0 Å². The van der Waals surface area contributed by atoms with E-state index in [1.54, 1.807) is 6.07 Å². The van der Waals surface area contributed by atoms with Gasteiger partial charge < -0.3 is 15.0 Å². The number of anilines is 3. The molecule has 1 aliphatic heterocycles. The zero-order chi connectivity index (χ0) is 22.5. The number of aromatic nitrogens is 1. The fourth-order valence-corrected chi connectivity index (χ4v) is 4.78. The number of rotatable bonds is 6. The van der Waals surface area contributed by atoms with E-state index in [1.165, 1.54) is 17.0 Å². The van der Waals surface area contributed by atoms with E-state index in [4.69, 9.17) is 9.72 Å². The van der Waals surface area contributed by atoms with Gasteiger partial charge >= 0.3 is 6.03 Å². The highest BCUT2D eigenvalue weighted by molar-refractivity contribution is 7.14. The lowest BCUT2D eigenvalue weighted by atomic mass is 10.1. The first kappa shape index (κ1) is 21.0. The smallest absolute Gasteiger partial charge is 0.325 e. The molecule has 166 valence electrons. The molecule has 2 amide bonds. The molecule has 1 fully saturated rings. The van der Waals surface area contributed by atoms with E-state index in [1.807, 2.05) is 60.0 Å². The second-order valence-corrected chi connectivity index (χ2v) is 8.61. The monoisotopic (exact) mass is 456 g/mol. The molecule has 2 N–H and O–H groups in total. The van der Waals surface area contributed by atoms with E-state index < -0.39 is 0 Å². The number of carbonyl (C=O) groups excluding carboxylic acids is 1. The Hall–Kier alpha value is -3.84. The molecule has 0 aliphatic carbocycles. The molecule has 2 heterocycles. The fraction of sp³-hybridized carbons (Fsp3) is 0.154. The van der Waals surface area contributed by atoms with Crippen LogP contribution in [0.15, 0.2) is 90.3 Å². The molecule has 0 spiro atoms. The van der Waals surface area contributed by atoms with E-state index >= 15 is 0 Å². The first-order valence-corrected chi connectivity index (χ1v) is 11.8. The first-order chi connectivity index (χ1) is 16.3. The number of amides is 2. The maximum atomic E-state index is 12.7. The predicted octanol–water partition coefficient (Wildman–Crippen LogP) is 6.92. The van der Waals surface area contributed by atoms with Crippen LogP contribution in [0.25, 0.3) is 0 Å². The molecular weight excluding hydrogens is 432 g/mol. The van der Waals surface area contributed by atoms with Crippen molar-refractivity contribution in [1.29, 1.82) is 0 Å². The Morgan fingerprint density at radius 2 is 1.67 bits per heavy atom. The number of nitrogens with zero attached hydrogens (tertiary/aromatic N) is 2. The van der Waals surface area contributed by atoms with Gasteiger partial charge in [-0.25, -0.2) is 9.78 Å². The van der Waals surface area contributed by atoms with Crippen LogP contribution in [0.2, 0.25) is 0 Å². The third-order valence-corrected chi connectivity index (χ3v) is 6.31. The van der Waals surface area contributed by atoms with E-state index in [-0.39, 0.29) is 12.1 Å². The van der Waals surface area contributed by atoms with Crippen molar-refractivity contribution in [3.8, 4) is 11.5 Å². The van der Waals surface area contributed by atoms with Crippen LogP contribution in [0, 0.1) is 0 Å². The number of ether oxygens (including phenoxy) is 1. The molecule has 4 aromatic rings. The van der Waals surface area contributed by atoms with E-state index in [9.17, 15) is 4.79 Å². The highest BCUT2D eigenvalue weighted by Crippen LogP contribution is 2.37. The van der Waals surface area contributed by atoms with E-state index in [2.05, 4.69) is 39.8 Å². The van der Waals surface area contributed by atoms with Crippen LogP contribution in [-0.2, 0) is 0 Å². The number of thiazole rings is 1. The van der Waals surface area contributed by atoms with Gasteiger partial charge in [0.15, 0.2) is 10.9 Å². The summed E-state index contributed by atoms with van der Waals surface area (Å²) in [4.78, 5) is 19.8. The lowest BCUT2D eigenvalue weighted by Crippen LogP contribution is -2.23. The van der Waals surface area contributed by atoms with Crippen molar-refractivity contribution in [2.24, 2.45) is 0 Å². The minimum absolute atomic E-state index is 0.224. The molecule has 5 rings (SSSR count). The molecule has 0 radical (unpaired) electrons. The maximum Gasteiger partial charge on any atom is 0.325 e. The van der Waals surface area contributed by atoms with Crippen molar-refractivity contribution in [3.05, 3.63) is 96.0 Å². The molecule has 1 atom stereocenters. The Balaban J connectivity index is 1.25. The molecule has 1 aliphatic rings. The van der Waals surface area contributed by atoms with Crippen LogP contribution in [-0.4, -0.2) is 17.6 Å². The highest BCUT2D eigenvalue weighted by atomic mass is 32.1. The van der Waals surface area contributed by atoms with Gasteiger partial charge in [0.2, 0.25) is 0 Å². The maximum absolute atomic E-state index is 12.7. The molecule has 7 heteroatoms. The molecule has 33 heavy (non-hydrogen) atoms. The van der Waals surface area contributed by atoms with Crippen LogP contribution in [0.5, 0.6) is 11.5 Å². The summed E-state index contributed by atoms with van der Waals surface area (Å²) in [7, 11) is 0. The molecule has 1 saturated heterocycles. The summed E-state index contributed by atoms with van der Waals surface area (Å²) in [6.45, 7) is 1.01. The third kappa shape index (κ3) is 4.99. The predicted molar refractivity (Wildman–Crippen MR) is 133 cm³/mol. The molecule has 0 saturated carbocycles. The summed E-state index contributed by atoms with van der Waals surface area (Å²) >= 11 is 1.44. The topological polar surface area (TPSA) is 66.5 Å². The Kier molecular flexibility index (Phi) is 6.21. The number of para-hydroxylation sites is 4. The number of benzene rings is 3. The van der Waals surface area contributed by atoms with Gasteiger partial charge in [-0.05, 0) is 49.2 Å². The summed E-state index contributed by atoms with van der Waals surface area (Å²) in [5.41, 5.74) is 2.78. The average molecular weight is 457 g/mol. The first-order valence-electron chi connectivity index (χ1n) is 10.9. The molecule has 0 bridgehead atoms. The minimum Gasteiger partial charge on any atom is -0.455 e. The number of nitrogens with one attached hydrogen (secondary N) is 2. The minimum atomic E-state index is -0.355. The average Bonchev–Trinajstić information content (AvgIpc) is 3.51. The van der Waals surface area contributed by atoms with Gasteiger partial charge in [-0.15, -0.1) is 11.3 Å². The van der Waals surface area contributed by atoms with Crippen molar-refractivity contribution in [2.45, 2.75) is 18.9 Å². The molecular formula is C26H24N4O2S. The summed E-state index contributed by atoms with van der Waals surface area (Å²) in [6, 6.07) is 27.1. The van der Waals surface area contributed by atoms with Crippen molar-refractivity contribution in [1.82, 2.24) is 4.98 Å². The van der Waals surface area contributed by atoms with Crippen LogP contribution in [0.4, 0.5) is 21.3 Å². The van der Waals surface area contributed by atoms with Gasteiger partial charge in [0.1, 0.15) is 5.75 Å². The molecule has 3 aromatic carbocycles. The lowest BCUT2D eigenvalue weighted by Gasteiger charge is -2.25. The van der Waals surface area contributed by atoms with Crippen molar-refractivity contribution >= 4 is 33.9 Å². The standard InChI is InChI=1S/C26H24N4O2S/c31-25(27-21-14-7-8-16-24(21)32-20-12-5-2-6-13-20)29-26-28-22(18-33-26)23-15-9-17-30(23)19-10-3-1-4-11-19/h1-8,10-14,16,18,23H,9,15,17H2,(H2,27,28,29,31)/t23-/m1/s1. The summed E-state index contributed by atoms with van der Waals surface area (Å²) in [5, 5.41) is 8.35. The third-order valence-electron chi connectivity index (χ3n) is 5.53. The van der Waals surface area contributed by atoms with Crippen LogP contribution >= 0.6 is 11.3 Å². The van der Waals surface area contributed by atoms with Crippen molar-refractivity contribution in [2.75, 3.05) is 22.1 Å². The largest absolute Gasteiger partial charge is 0.455 e. The Morgan fingerprint density at radius 1 is 0.939 bits per heavy atom. The summed E-state index contributed by atoms with van der Waals surface area (Å²) in [5.74, 6) is 1.28. The van der Waals surface area contributed by atoms with Gasteiger partial charge in [0.05, 0.1) is 17.4 Å². The van der Waals surface area contributed by atoms with Gasteiger partial charge in [-0.3, -0.25) is 5.32 Å². The number of hydrogen-bond acceptors (Lipinski definition) is 5. The molecule has 1 aromatic heterocycles. The van der Waals surface area contributed by atoms with Gasteiger partial charge in [0.25, 0.3) is 0 Å². The SMILES string of the molecule is O=C(Nc1nc([C@H]2CCCN2c2ccccc2)cs1)Nc1ccccc1Oc1ccccc1. The van der Waals surface area contributed by atoms with Crippen LogP contribution < -0.4 is 20.3 Å². The summed E-state index contributed by atoms with van der Waals surface area (Å²) < 4.78 is 5.93. The quantitative estimate of drug-likeness (QED) is 0.330. The number of carbonyl (C=O) groups is 1. The number of urea groups is 1. The second-order valence-electron chi connectivity index (χ2n) is 7.75. The van der Waals surface area contributed by atoms with Crippen molar-refractivity contribution in [3.63, 3.8) is 0 Å². The van der Waals surface area contributed by atoms with Gasteiger partial charge in [-0.1, -0.05) is 48.5 Å². The lowest BCUT2D eigenvalue weighted by molar-refractivity contribution is 0.262. The normalized spacial score (nSPS) is 15.3. The zero-order valence-corrected chi connectivity index (χ0v) is 18.8. The van der Waals surface area contributed by atoms with Gasteiger partial charge in [-0.2, -0.15) is 0 Å². The zero-order valence-electron chi connectivity index (χ0n) is 18.0. The fourth-order valence-electron chi connectivity index (χ4n) is 4.02. The van der Waals surface area contributed by atoms with Crippen molar-refractivity contribution < 1.29 is 9.53 Å².